The van der Waals surface area contributed by atoms with Crippen LogP contribution in [0, 0.1) is 0 Å². The summed E-state index contributed by atoms with van der Waals surface area (Å²) in [6.45, 7) is 0.103. The lowest BCUT2D eigenvalue weighted by Crippen LogP contribution is -2.43. The van der Waals surface area contributed by atoms with Gasteiger partial charge >= 0.3 is 6.18 Å². The fourth-order valence-corrected chi connectivity index (χ4v) is 1.82. The fraction of sp³-hybridized carbons (Fsp3) is 0.364. The zero-order chi connectivity index (χ0) is 13.3. The predicted molar refractivity (Wildman–Crippen MR) is 59.1 cm³/mol. The normalized spacial score (nSPS) is 21.2. The minimum absolute atomic E-state index is 0.103. The van der Waals surface area contributed by atoms with Crippen LogP contribution in [0.4, 0.5) is 18.9 Å². The van der Waals surface area contributed by atoms with Crippen LogP contribution in [0.2, 0.25) is 0 Å². The van der Waals surface area contributed by atoms with Gasteiger partial charge in [0.15, 0.2) is 0 Å². The second-order valence-electron chi connectivity index (χ2n) is 3.74. The number of rotatable bonds is 1. The van der Waals surface area contributed by atoms with Gasteiger partial charge in [-0.2, -0.15) is 18.2 Å². The van der Waals surface area contributed by atoms with Crippen molar-refractivity contribution < 1.29 is 22.8 Å². The molecule has 1 saturated heterocycles. The molecule has 1 aromatic rings. The quantitative estimate of drug-likeness (QED) is 0.740. The van der Waals surface area contributed by atoms with E-state index in [4.69, 9.17) is 16.4 Å². The number of carbonyl (C=O) groups is 1. The summed E-state index contributed by atoms with van der Waals surface area (Å²) < 4.78 is 38.4. The summed E-state index contributed by atoms with van der Waals surface area (Å²) in [6.07, 6.45) is -4.27. The molecule has 1 heterocycles. The van der Waals surface area contributed by atoms with Gasteiger partial charge in [-0.05, 0) is 18.6 Å². The number of halogens is 4. The first kappa shape index (κ1) is 13.2. The molecule has 1 amide bonds. The van der Waals surface area contributed by atoms with Crippen molar-refractivity contribution in [2.75, 3.05) is 11.7 Å². The molecule has 1 unspecified atom stereocenters. The van der Waals surface area contributed by atoms with Crippen molar-refractivity contribution in [3.8, 4) is 0 Å². The summed E-state index contributed by atoms with van der Waals surface area (Å²) in [5, 5.41) is -0.232. The van der Waals surface area contributed by atoms with Gasteiger partial charge in [0, 0.05) is 0 Å². The maximum atomic E-state index is 12.8. The molecule has 0 saturated carbocycles. The molecule has 98 valence electrons. The fourth-order valence-electron chi connectivity index (χ4n) is 1.64. The van der Waals surface area contributed by atoms with Gasteiger partial charge in [0.05, 0.1) is 17.9 Å². The lowest BCUT2D eigenvalue weighted by atomic mass is 10.1. The van der Waals surface area contributed by atoms with Gasteiger partial charge in [-0.3, -0.25) is 9.63 Å². The van der Waals surface area contributed by atoms with E-state index in [-0.39, 0.29) is 18.7 Å². The van der Waals surface area contributed by atoms with Crippen molar-refractivity contribution in [1.29, 1.82) is 0 Å². The summed E-state index contributed by atoms with van der Waals surface area (Å²) in [6, 6.07) is 4.72. The van der Waals surface area contributed by atoms with Gasteiger partial charge in [0.1, 0.15) is 5.38 Å². The van der Waals surface area contributed by atoms with E-state index in [1.807, 2.05) is 0 Å². The van der Waals surface area contributed by atoms with Gasteiger partial charge in [-0.1, -0.05) is 12.1 Å². The van der Waals surface area contributed by atoms with Gasteiger partial charge in [0.25, 0.3) is 5.91 Å². The summed E-state index contributed by atoms with van der Waals surface area (Å²) in [5.74, 6) is -0.681. The zero-order valence-electron chi connectivity index (χ0n) is 9.08. The molecule has 2 rings (SSSR count). The van der Waals surface area contributed by atoms with Gasteiger partial charge in [0.2, 0.25) is 0 Å². The molecule has 1 aromatic carbocycles. The number of hydrogen-bond donors (Lipinski definition) is 0. The van der Waals surface area contributed by atoms with Crippen molar-refractivity contribution in [2.24, 2.45) is 0 Å². The van der Waals surface area contributed by atoms with Crippen LogP contribution in [0.5, 0.6) is 0 Å². The zero-order valence-corrected chi connectivity index (χ0v) is 9.83. The number of benzene rings is 1. The lowest BCUT2D eigenvalue weighted by Gasteiger charge is -2.30. The topological polar surface area (TPSA) is 29.5 Å². The molecule has 1 atom stereocenters. The lowest BCUT2D eigenvalue weighted by molar-refractivity contribution is -0.139. The van der Waals surface area contributed by atoms with Crippen LogP contribution in [0.15, 0.2) is 24.3 Å². The average molecular weight is 280 g/mol. The average Bonchev–Trinajstić information content (AvgIpc) is 2.32. The Labute approximate surface area is 106 Å². The predicted octanol–water partition coefficient (Wildman–Crippen LogP) is 2.98. The molecule has 0 N–H and O–H groups in total. The maximum absolute atomic E-state index is 12.8. The Morgan fingerprint density at radius 1 is 1.33 bits per heavy atom. The van der Waals surface area contributed by atoms with E-state index in [1.165, 1.54) is 18.2 Å². The summed E-state index contributed by atoms with van der Waals surface area (Å²) >= 11 is 5.73. The first-order valence-electron chi connectivity index (χ1n) is 5.18. The van der Waals surface area contributed by atoms with E-state index >= 15 is 0 Å². The number of hydroxylamine groups is 1. The van der Waals surface area contributed by atoms with E-state index in [2.05, 4.69) is 0 Å². The number of para-hydroxylation sites is 1. The Kier molecular flexibility index (Phi) is 3.49. The number of anilines is 1. The molecule has 1 aliphatic rings. The Morgan fingerprint density at radius 2 is 2.00 bits per heavy atom. The maximum Gasteiger partial charge on any atom is 0.418 e. The van der Waals surface area contributed by atoms with Gasteiger partial charge in [-0.15, -0.1) is 11.6 Å². The van der Waals surface area contributed by atoms with Crippen LogP contribution < -0.4 is 5.06 Å². The number of alkyl halides is 4. The third-order valence-corrected chi connectivity index (χ3v) is 2.89. The number of amides is 1. The third kappa shape index (κ3) is 2.44. The van der Waals surface area contributed by atoms with Crippen molar-refractivity contribution in [3.63, 3.8) is 0 Å². The van der Waals surface area contributed by atoms with Crippen LogP contribution >= 0.6 is 11.6 Å². The van der Waals surface area contributed by atoms with Gasteiger partial charge in [-0.25, -0.2) is 0 Å². The van der Waals surface area contributed by atoms with E-state index in [1.54, 1.807) is 0 Å². The molecular weight excluding hydrogens is 271 g/mol. The molecule has 1 aliphatic heterocycles. The Hall–Kier alpha value is -1.27. The molecule has 0 radical (unpaired) electrons. The Bertz CT molecular complexity index is 464. The largest absolute Gasteiger partial charge is 0.418 e. The number of nitrogens with zero attached hydrogens (tertiary/aromatic N) is 1. The molecule has 18 heavy (non-hydrogen) atoms. The molecular formula is C11H9ClF3NO2. The Balaban J connectivity index is 2.42. The molecule has 3 nitrogen and oxygen atoms in total. The van der Waals surface area contributed by atoms with Crippen molar-refractivity contribution in [3.05, 3.63) is 29.8 Å². The van der Waals surface area contributed by atoms with E-state index < -0.39 is 23.0 Å². The first-order valence-corrected chi connectivity index (χ1v) is 5.62. The highest BCUT2D eigenvalue weighted by molar-refractivity contribution is 6.32. The van der Waals surface area contributed by atoms with Crippen molar-refractivity contribution >= 4 is 23.2 Å². The minimum Gasteiger partial charge on any atom is -0.270 e. The molecule has 0 aliphatic carbocycles. The third-order valence-electron chi connectivity index (χ3n) is 2.49. The molecule has 1 fully saturated rings. The molecule has 7 heteroatoms. The smallest absolute Gasteiger partial charge is 0.270 e. The number of hydrogen-bond acceptors (Lipinski definition) is 2. The van der Waals surface area contributed by atoms with E-state index in [0.29, 0.717) is 5.06 Å². The second-order valence-corrected chi connectivity index (χ2v) is 4.26. The highest BCUT2D eigenvalue weighted by Crippen LogP contribution is 2.37. The second kappa shape index (κ2) is 4.78. The van der Waals surface area contributed by atoms with Gasteiger partial charge < -0.3 is 0 Å². The monoisotopic (exact) mass is 279 g/mol. The Morgan fingerprint density at radius 3 is 2.67 bits per heavy atom. The standard InChI is InChI=1S/C11H9ClF3NO2/c12-8-5-6-18-16(10(8)17)9-4-2-1-3-7(9)11(13,14)15/h1-4,8H,5-6H2. The summed E-state index contributed by atoms with van der Waals surface area (Å²) in [5.41, 5.74) is -1.26. The first-order chi connectivity index (χ1) is 8.41. The van der Waals surface area contributed by atoms with Crippen molar-refractivity contribution in [1.82, 2.24) is 0 Å². The minimum atomic E-state index is -4.56. The molecule has 0 aromatic heterocycles. The number of carbonyl (C=O) groups excluding carboxylic acids is 1. The summed E-state index contributed by atoms with van der Waals surface area (Å²) in [4.78, 5) is 16.7. The SMILES string of the molecule is O=C1C(Cl)CCON1c1ccccc1C(F)(F)F. The molecule has 0 bridgehead atoms. The van der Waals surface area contributed by atoms with E-state index in [0.717, 1.165) is 6.07 Å². The highest BCUT2D eigenvalue weighted by Gasteiger charge is 2.38. The molecule has 0 spiro atoms. The van der Waals surface area contributed by atoms with Crippen LogP contribution in [-0.4, -0.2) is 17.9 Å². The van der Waals surface area contributed by atoms with Crippen LogP contribution in [0.3, 0.4) is 0 Å². The van der Waals surface area contributed by atoms with Crippen LogP contribution in [0.25, 0.3) is 0 Å². The summed E-state index contributed by atoms with van der Waals surface area (Å²) in [7, 11) is 0. The van der Waals surface area contributed by atoms with Crippen molar-refractivity contribution in [2.45, 2.75) is 18.0 Å². The van der Waals surface area contributed by atoms with E-state index in [9.17, 15) is 18.0 Å². The highest BCUT2D eigenvalue weighted by atomic mass is 35.5. The van der Waals surface area contributed by atoms with Crippen LogP contribution in [-0.2, 0) is 15.8 Å². The van der Waals surface area contributed by atoms with Crippen LogP contribution in [0.1, 0.15) is 12.0 Å².